The van der Waals surface area contributed by atoms with Crippen LogP contribution in [0, 0.1) is 0 Å². The molecule has 0 aliphatic carbocycles. The molecule has 1 aromatic heterocycles. The summed E-state index contributed by atoms with van der Waals surface area (Å²) in [4.78, 5) is 0. The molecule has 0 aliphatic rings. The number of hydrogen-bond acceptors (Lipinski definition) is 2. The molecular weight excluding hydrogens is 304 g/mol. The Bertz CT molecular complexity index is 544. The molecule has 0 spiro atoms. The van der Waals surface area contributed by atoms with E-state index in [-0.39, 0.29) is 0 Å². The Balaban J connectivity index is 2.17. The summed E-state index contributed by atoms with van der Waals surface area (Å²) in [5.41, 5.74) is 0.896. The van der Waals surface area contributed by atoms with E-state index in [4.69, 9.17) is 0 Å². The topological polar surface area (TPSA) is 38.0 Å². The zero-order valence-electron chi connectivity index (χ0n) is 11.5. The summed E-state index contributed by atoms with van der Waals surface area (Å²) in [5.74, 6) is 0. The number of aromatic nitrogens is 2. The van der Waals surface area contributed by atoms with Crippen molar-refractivity contribution < 1.29 is 5.11 Å². The predicted molar refractivity (Wildman–Crippen MR) is 80.0 cm³/mol. The summed E-state index contributed by atoms with van der Waals surface area (Å²) in [6.45, 7) is 6.00. The zero-order valence-corrected chi connectivity index (χ0v) is 13.1. The van der Waals surface area contributed by atoms with Gasteiger partial charge < -0.3 is 5.11 Å². The second-order valence-corrected chi connectivity index (χ2v) is 6.25. The van der Waals surface area contributed by atoms with Gasteiger partial charge in [0.15, 0.2) is 0 Å². The van der Waals surface area contributed by atoms with E-state index in [0.29, 0.717) is 12.5 Å². The fourth-order valence-corrected chi connectivity index (χ4v) is 2.29. The number of benzene rings is 1. The van der Waals surface area contributed by atoms with Crippen LogP contribution in [0.15, 0.2) is 41.0 Å². The van der Waals surface area contributed by atoms with Crippen LogP contribution in [0.1, 0.15) is 38.1 Å². The molecule has 0 amide bonds. The number of hydrogen-bond donors (Lipinski definition) is 1. The number of aliphatic hydroxyl groups is 1. The predicted octanol–water partition coefficient (Wildman–Crippen LogP) is 3.68. The minimum atomic E-state index is -0.906. The quantitative estimate of drug-likeness (QED) is 0.932. The molecule has 102 valence electrons. The van der Waals surface area contributed by atoms with Crippen molar-refractivity contribution in [3.05, 3.63) is 52.3 Å². The van der Waals surface area contributed by atoms with Crippen molar-refractivity contribution in [1.82, 2.24) is 9.78 Å². The van der Waals surface area contributed by atoms with E-state index in [2.05, 4.69) is 34.9 Å². The average molecular weight is 323 g/mol. The van der Waals surface area contributed by atoms with Crippen LogP contribution in [-0.2, 0) is 12.0 Å². The molecule has 1 unspecified atom stereocenters. The van der Waals surface area contributed by atoms with Gasteiger partial charge in [-0.1, -0.05) is 28.1 Å². The number of halogens is 1. The molecule has 0 fully saturated rings. The lowest BCUT2D eigenvalue weighted by Gasteiger charge is -2.23. The molecule has 4 heteroatoms. The van der Waals surface area contributed by atoms with Gasteiger partial charge >= 0.3 is 0 Å². The molecule has 0 saturated carbocycles. The van der Waals surface area contributed by atoms with Gasteiger partial charge in [0.25, 0.3) is 0 Å². The van der Waals surface area contributed by atoms with E-state index >= 15 is 0 Å². The van der Waals surface area contributed by atoms with Crippen LogP contribution in [0.25, 0.3) is 0 Å². The highest BCUT2D eigenvalue weighted by Crippen LogP contribution is 2.26. The van der Waals surface area contributed by atoms with Crippen LogP contribution in [0.2, 0.25) is 0 Å². The van der Waals surface area contributed by atoms with Crippen LogP contribution >= 0.6 is 15.9 Å². The third-order valence-corrected chi connectivity index (χ3v) is 3.71. The first-order chi connectivity index (χ1) is 8.88. The summed E-state index contributed by atoms with van der Waals surface area (Å²) in [7, 11) is 0. The fraction of sp³-hybridized carbons (Fsp3) is 0.400. The summed E-state index contributed by atoms with van der Waals surface area (Å²) in [5, 5.41) is 15.1. The van der Waals surface area contributed by atoms with E-state index in [0.717, 1.165) is 15.7 Å². The first-order valence-corrected chi connectivity index (χ1v) is 7.20. The van der Waals surface area contributed by atoms with Crippen LogP contribution < -0.4 is 0 Å². The summed E-state index contributed by atoms with van der Waals surface area (Å²) in [6.07, 6.45) is 2.46. The van der Waals surface area contributed by atoms with Crippen molar-refractivity contribution in [2.24, 2.45) is 0 Å². The van der Waals surface area contributed by atoms with Crippen LogP contribution in [0.4, 0.5) is 0 Å². The molecule has 0 aliphatic heterocycles. The van der Waals surface area contributed by atoms with Gasteiger partial charge in [-0.05, 0) is 44.5 Å². The maximum Gasteiger partial charge on any atom is 0.0924 e. The van der Waals surface area contributed by atoms with Crippen molar-refractivity contribution in [3.8, 4) is 0 Å². The fourth-order valence-electron chi connectivity index (χ4n) is 2.02. The molecule has 1 N–H and O–H groups in total. The lowest BCUT2D eigenvalue weighted by molar-refractivity contribution is 0.0564. The smallest absolute Gasteiger partial charge is 0.0924 e. The largest absolute Gasteiger partial charge is 0.385 e. The minimum absolute atomic E-state index is 0.339. The normalized spacial score (nSPS) is 14.6. The van der Waals surface area contributed by atoms with Crippen molar-refractivity contribution in [1.29, 1.82) is 0 Å². The molecule has 1 heterocycles. The summed E-state index contributed by atoms with van der Waals surface area (Å²) >= 11 is 3.40. The van der Waals surface area contributed by atoms with Crippen molar-refractivity contribution >= 4 is 15.9 Å². The highest BCUT2D eigenvalue weighted by atomic mass is 79.9. The van der Waals surface area contributed by atoms with Gasteiger partial charge in [-0.3, -0.25) is 4.68 Å². The van der Waals surface area contributed by atoms with Gasteiger partial charge in [-0.25, -0.2) is 0 Å². The van der Waals surface area contributed by atoms with Gasteiger partial charge in [0.1, 0.15) is 0 Å². The lowest BCUT2D eigenvalue weighted by Crippen LogP contribution is -2.24. The summed E-state index contributed by atoms with van der Waals surface area (Å²) < 4.78 is 2.92. The second kappa shape index (κ2) is 5.47. The molecule has 2 aromatic rings. The molecule has 0 radical (unpaired) electrons. The Labute approximate surface area is 122 Å². The van der Waals surface area contributed by atoms with Crippen LogP contribution in [-0.4, -0.2) is 14.9 Å². The Morgan fingerprint density at radius 3 is 2.42 bits per heavy atom. The molecule has 19 heavy (non-hydrogen) atoms. The molecular formula is C15H19BrN2O. The third-order valence-electron chi connectivity index (χ3n) is 3.18. The Morgan fingerprint density at radius 1 is 1.26 bits per heavy atom. The SMILES string of the molecule is CC(C)n1ccc(CC(C)(O)c2ccc(Br)cc2)n1. The minimum Gasteiger partial charge on any atom is -0.385 e. The van der Waals surface area contributed by atoms with E-state index in [1.807, 2.05) is 48.1 Å². The highest BCUT2D eigenvalue weighted by molar-refractivity contribution is 9.10. The first-order valence-electron chi connectivity index (χ1n) is 6.41. The summed E-state index contributed by atoms with van der Waals surface area (Å²) in [6, 6.07) is 10.1. The Kier molecular flexibility index (Phi) is 4.11. The van der Waals surface area contributed by atoms with Gasteiger partial charge in [0.2, 0.25) is 0 Å². The van der Waals surface area contributed by atoms with E-state index < -0.39 is 5.60 Å². The van der Waals surface area contributed by atoms with Crippen LogP contribution in [0.3, 0.4) is 0 Å². The highest BCUT2D eigenvalue weighted by Gasteiger charge is 2.24. The van der Waals surface area contributed by atoms with Gasteiger partial charge in [-0.15, -0.1) is 0 Å². The maximum absolute atomic E-state index is 10.6. The first kappa shape index (κ1) is 14.3. The lowest BCUT2D eigenvalue weighted by atomic mass is 9.91. The average Bonchev–Trinajstić information content (AvgIpc) is 2.77. The van der Waals surface area contributed by atoms with E-state index in [1.54, 1.807) is 0 Å². The Morgan fingerprint density at radius 2 is 1.89 bits per heavy atom. The molecule has 3 nitrogen and oxygen atoms in total. The van der Waals surface area contributed by atoms with Crippen molar-refractivity contribution in [2.45, 2.75) is 38.8 Å². The molecule has 0 bridgehead atoms. The number of rotatable bonds is 4. The third kappa shape index (κ3) is 3.45. The Hall–Kier alpha value is -1.13. The second-order valence-electron chi connectivity index (χ2n) is 5.34. The van der Waals surface area contributed by atoms with E-state index in [1.165, 1.54) is 0 Å². The standard InChI is InChI=1S/C15H19BrN2O/c1-11(2)18-9-8-14(17-18)10-15(3,19)12-4-6-13(16)7-5-12/h4-9,11,19H,10H2,1-3H3. The van der Waals surface area contributed by atoms with Gasteiger partial charge in [0.05, 0.1) is 11.3 Å². The monoisotopic (exact) mass is 322 g/mol. The van der Waals surface area contributed by atoms with Crippen molar-refractivity contribution in [3.63, 3.8) is 0 Å². The molecule has 2 rings (SSSR count). The van der Waals surface area contributed by atoms with Gasteiger partial charge in [0, 0.05) is 23.1 Å². The molecule has 1 aromatic carbocycles. The maximum atomic E-state index is 10.6. The van der Waals surface area contributed by atoms with E-state index in [9.17, 15) is 5.11 Å². The van der Waals surface area contributed by atoms with Crippen LogP contribution in [0.5, 0.6) is 0 Å². The zero-order chi connectivity index (χ0) is 14.0. The molecule has 1 atom stereocenters. The number of nitrogens with zero attached hydrogens (tertiary/aromatic N) is 2. The van der Waals surface area contributed by atoms with Crippen molar-refractivity contribution in [2.75, 3.05) is 0 Å². The van der Waals surface area contributed by atoms with Gasteiger partial charge in [-0.2, -0.15) is 5.10 Å². The molecule has 0 saturated heterocycles.